The molecule has 1 amide bonds. The Hall–Kier alpha value is -2.65. The Bertz CT molecular complexity index is 905. The van der Waals surface area contributed by atoms with Crippen LogP contribution < -0.4 is 5.32 Å². The number of hydrogen-bond acceptors (Lipinski definition) is 8. The molecule has 1 N–H and O–H groups in total. The lowest BCUT2D eigenvalue weighted by molar-refractivity contribution is 0.0526. The molecule has 0 saturated heterocycles. The van der Waals surface area contributed by atoms with Gasteiger partial charge in [-0.05, 0) is 30.9 Å². The van der Waals surface area contributed by atoms with Crippen molar-refractivity contribution >= 4 is 40.6 Å². The molecule has 128 valence electrons. The molecule has 1 aromatic carbocycles. The van der Waals surface area contributed by atoms with E-state index in [0.717, 1.165) is 21.8 Å². The predicted molar refractivity (Wildman–Crippen MR) is 96.1 cm³/mol. The average molecular weight is 374 g/mol. The lowest BCUT2D eigenvalue weighted by atomic mass is 10.2. The van der Waals surface area contributed by atoms with Crippen molar-refractivity contribution in [2.45, 2.75) is 13.8 Å². The molecule has 0 saturated carbocycles. The second-order valence-electron chi connectivity index (χ2n) is 4.92. The van der Waals surface area contributed by atoms with Gasteiger partial charge in [-0.15, -0.1) is 16.4 Å². The van der Waals surface area contributed by atoms with E-state index in [4.69, 9.17) is 4.74 Å². The molecule has 0 bridgehead atoms. The molecular formula is C16H14N4O3S2. The van der Waals surface area contributed by atoms with Crippen LogP contribution in [0.25, 0.3) is 10.4 Å². The van der Waals surface area contributed by atoms with E-state index in [9.17, 15) is 9.59 Å². The van der Waals surface area contributed by atoms with Crippen molar-refractivity contribution in [3.63, 3.8) is 0 Å². The summed E-state index contributed by atoms with van der Waals surface area (Å²) in [5, 5.41) is 6.86. The van der Waals surface area contributed by atoms with Crippen molar-refractivity contribution in [3.05, 3.63) is 45.9 Å². The number of rotatable bonds is 5. The van der Waals surface area contributed by atoms with E-state index < -0.39 is 11.9 Å². The van der Waals surface area contributed by atoms with Gasteiger partial charge in [-0.3, -0.25) is 4.79 Å². The Morgan fingerprint density at radius 3 is 2.72 bits per heavy atom. The summed E-state index contributed by atoms with van der Waals surface area (Å²) in [5.74, 6) is -0.601. The summed E-state index contributed by atoms with van der Waals surface area (Å²) in [6.07, 6.45) is 0. The number of ether oxygens (including phenoxy) is 1. The molecule has 25 heavy (non-hydrogen) atoms. The molecule has 0 atom stereocenters. The number of thiazole rings is 1. The van der Waals surface area contributed by atoms with Crippen LogP contribution >= 0.6 is 22.9 Å². The number of carbonyl (C=O) groups excluding carboxylic acids is 2. The van der Waals surface area contributed by atoms with Gasteiger partial charge in [0.1, 0.15) is 5.69 Å². The minimum atomic E-state index is -0.532. The number of nitrogens with zero attached hydrogens (tertiary/aromatic N) is 3. The fraction of sp³-hybridized carbons (Fsp3) is 0.188. The van der Waals surface area contributed by atoms with Gasteiger partial charge in [-0.2, -0.15) is 0 Å². The largest absolute Gasteiger partial charge is 0.461 e. The van der Waals surface area contributed by atoms with Crippen LogP contribution in [0.5, 0.6) is 0 Å². The molecule has 9 heteroatoms. The molecule has 3 rings (SSSR count). The minimum absolute atomic E-state index is 0.157. The van der Waals surface area contributed by atoms with Gasteiger partial charge in [0.2, 0.25) is 5.01 Å². The first-order chi connectivity index (χ1) is 12.1. The summed E-state index contributed by atoms with van der Waals surface area (Å²) in [6, 6.07) is 9.54. The summed E-state index contributed by atoms with van der Waals surface area (Å²) < 4.78 is 8.83. The maximum absolute atomic E-state index is 12.5. The quantitative estimate of drug-likeness (QED) is 0.688. The third-order valence-electron chi connectivity index (χ3n) is 3.22. The zero-order chi connectivity index (χ0) is 17.8. The summed E-state index contributed by atoms with van der Waals surface area (Å²) in [7, 11) is 0. The van der Waals surface area contributed by atoms with Crippen LogP contribution in [0.15, 0.2) is 30.3 Å². The van der Waals surface area contributed by atoms with Crippen LogP contribution in [0, 0.1) is 6.92 Å². The van der Waals surface area contributed by atoms with Crippen LogP contribution in [0.3, 0.4) is 0 Å². The number of carbonyl (C=O) groups is 2. The van der Waals surface area contributed by atoms with Gasteiger partial charge in [-0.25, -0.2) is 9.78 Å². The Balaban J connectivity index is 1.82. The van der Waals surface area contributed by atoms with Crippen LogP contribution in [-0.4, -0.2) is 33.1 Å². The molecule has 7 nitrogen and oxygen atoms in total. The predicted octanol–water partition coefficient (Wildman–Crippen LogP) is 3.40. The maximum Gasteiger partial charge on any atom is 0.367 e. The molecule has 2 aromatic heterocycles. The van der Waals surface area contributed by atoms with E-state index >= 15 is 0 Å². The van der Waals surface area contributed by atoms with E-state index in [2.05, 4.69) is 19.9 Å². The van der Waals surface area contributed by atoms with Crippen LogP contribution in [-0.2, 0) is 4.74 Å². The lowest BCUT2D eigenvalue weighted by Crippen LogP contribution is -2.15. The molecule has 0 aliphatic rings. The summed E-state index contributed by atoms with van der Waals surface area (Å²) in [4.78, 5) is 29.8. The van der Waals surface area contributed by atoms with Gasteiger partial charge in [-0.1, -0.05) is 34.8 Å². The van der Waals surface area contributed by atoms with Crippen molar-refractivity contribution in [2.75, 3.05) is 11.9 Å². The normalized spacial score (nSPS) is 10.5. The second-order valence-corrected chi connectivity index (χ2v) is 6.87. The molecule has 0 fully saturated rings. The summed E-state index contributed by atoms with van der Waals surface area (Å²) in [6.45, 7) is 3.70. The van der Waals surface area contributed by atoms with Gasteiger partial charge >= 0.3 is 5.97 Å². The van der Waals surface area contributed by atoms with E-state index in [0.29, 0.717) is 10.7 Å². The third kappa shape index (κ3) is 3.72. The highest BCUT2D eigenvalue weighted by atomic mass is 32.1. The van der Waals surface area contributed by atoms with Crippen LogP contribution in [0.4, 0.5) is 5.82 Å². The number of amides is 1. The van der Waals surface area contributed by atoms with Crippen molar-refractivity contribution in [2.24, 2.45) is 0 Å². The highest BCUT2D eigenvalue weighted by molar-refractivity contribution is 7.13. The molecule has 3 aromatic rings. The fourth-order valence-corrected chi connectivity index (χ4v) is 3.53. The van der Waals surface area contributed by atoms with E-state index in [1.807, 2.05) is 30.3 Å². The van der Waals surface area contributed by atoms with Gasteiger partial charge in [0.05, 0.1) is 11.5 Å². The SMILES string of the molecule is CCOC(=O)c1nc(C(=O)Nc2nnsc2-c2ccccc2)c(C)s1. The zero-order valence-electron chi connectivity index (χ0n) is 13.5. The molecule has 0 unspecified atom stereocenters. The first-order valence-electron chi connectivity index (χ1n) is 7.43. The van der Waals surface area contributed by atoms with Gasteiger partial charge < -0.3 is 10.1 Å². The van der Waals surface area contributed by atoms with Crippen molar-refractivity contribution < 1.29 is 14.3 Å². The molecule has 0 aliphatic heterocycles. The monoisotopic (exact) mass is 374 g/mol. The third-order valence-corrected chi connectivity index (χ3v) is 4.94. The van der Waals surface area contributed by atoms with Crippen LogP contribution in [0.1, 0.15) is 32.1 Å². The Morgan fingerprint density at radius 1 is 1.24 bits per heavy atom. The smallest absolute Gasteiger partial charge is 0.367 e. The number of hydrogen-bond donors (Lipinski definition) is 1. The molecule has 0 aliphatic carbocycles. The number of aryl methyl sites for hydroxylation is 1. The molecule has 0 radical (unpaired) electrons. The topological polar surface area (TPSA) is 94.1 Å². The first-order valence-corrected chi connectivity index (χ1v) is 9.02. The number of nitrogens with one attached hydrogen (secondary N) is 1. The molecular weight excluding hydrogens is 360 g/mol. The van der Waals surface area contributed by atoms with Gasteiger partial charge in [0.15, 0.2) is 5.82 Å². The van der Waals surface area contributed by atoms with E-state index in [-0.39, 0.29) is 17.3 Å². The van der Waals surface area contributed by atoms with Crippen molar-refractivity contribution in [1.29, 1.82) is 0 Å². The van der Waals surface area contributed by atoms with Crippen LogP contribution in [0.2, 0.25) is 0 Å². The highest BCUT2D eigenvalue weighted by Gasteiger charge is 2.22. The number of benzene rings is 1. The highest BCUT2D eigenvalue weighted by Crippen LogP contribution is 2.30. The zero-order valence-corrected chi connectivity index (χ0v) is 15.1. The van der Waals surface area contributed by atoms with E-state index in [1.165, 1.54) is 11.5 Å². The summed E-state index contributed by atoms with van der Waals surface area (Å²) >= 11 is 2.32. The lowest BCUT2D eigenvalue weighted by Gasteiger charge is -2.03. The van der Waals surface area contributed by atoms with Gasteiger partial charge in [0, 0.05) is 4.88 Å². The number of esters is 1. The maximum atomic E-state index is 12.5. The Labute approximate surface area is 151 Å². The molecule has 0 spiro atoms. The van der Waals surface area contributed by atoms with Crippen molar-refractivity contribution in [3.8, 4) is 10.4 Å². The van der Waals surface area contributed by atoms with Crippen molar-refractivity contribution in [1.82, 2.24) is 14.6 Å². The summed E-state index contributed by atoms with van der Waals surface area (Å²) in [5.41, 5.74) is 1.09. The average Bonchev–Trinajstić information content (AvgIpc) is 3.22. The fourth-order valence-electron chi connectivity index (χ4n) is 2.11. The van der Waals surface area contributed by atoms with E-state index in [1.54, 1.807) is 13.8 Å². The Morgan fingerprint density at radius 2 is 2.00 bits per heavy atom. The number of anilines is 1. The minimum Gasteiger partial charge on any atom is -0.461 e. The second kappa shape index (κ2) is 7.49. The standard InChI is InChI=1S/C16H14N4O3S2/c1-3-23-16(22)15-17-11(9(2)24-15)14(21)18-13-12(25-20-19-13)10-7-5-4-6-8-10/h4-8H,3H2,1-2H3,(H,18,21). The number of aromatic nitrogens is 3. The first kappa shape index (κ1) is 17.2. The van der Waals surface area contributed by atoms with Gasteiger partial charge in [0.25, 0.3) is 5.91 Å². The molecule has 2 heterocycles. The Kier molecular flexibility index (Phi) is 5.15.